The number of aldehydes is 2. The zero-order valence-electron chi connectivity index (χ0n) is 20.9. The number of carbonyl (C=O) groups is 2. The average molecular weight is 745 g/mol. The summed E-state index contributed by atoms with van der Waals surface area (Å²) < 4.78 is 0. The van der Waals surface area contributed by atoms with Gasteiger partial charge in [0.15, 0.2) is 12.6 Å². The minimum Gasteiger partial charge on any atom is -1.00 e. The van der Waals surface area contributed by atoms with Gasteiger partial charge < -0.3 is 59.4 Å². The summed E-state index contributed by atoms with van der Waals surface area (Å²) in [5.74, 6) is 0. The number of carbonyl (C=O) groups excluding carboxylic acids is 2. The summed E-state index contributed by atoms with van der Waals surface area (Å²) in [6.45, 7) is 6.19. The minimum absolute atomic E-state index is 0. The van der Waals surface area contributed by atoms with Crippen LogP contribution in [-0.4, -0.2) is 29.2 Å². The molecular weight excluding hydrogens is 706 g/mol. The van der Waals surface area contributed by atoms with E-state index in [9.17, 15) is 9.59 Å². The van der Waals surface area contributed by atoms with E-state index < -0.39 is 5.66 Å². The van der Waals surface area contributed by atoms with Crippen LogP contribution in [0.5, 0.6) is 0 Å². The molecule has 1 heterocycles. The van der Waals surface area contributed by atoms with Gasteiger partial charge in [-0.25, -0.2) is 0 Å². The van der Waals surface area contributed by atoms with Crippen LogP contribution in [0.15, 0.2) is 24.5 Å². The first-order valence-corrected chi connectivity index (χ1v) is 11.8. The second-order valence-electron chi connectivity index (χ2n) is 9.25. The van der Waals surface area contributed by atoms with Crippen molar-refractivity contribution in [2.45, 2.75) is 103 Å². The van der Waals surface area contributed by atoms with Crippen LogP contribution >= 0.6 is 0 Å². The molecule has 1 fully saturated rings. The van der Waals surface area contributed by atoms with E-state index in [1.165, 1.54) is 50.5 Å². The zero-order valence-corrected chi connectivity index (χ0v) is 26.3. The number of benzene rings is 1. The van der Waals surface area contributed by atoms with Gasteiger partial charge in [-0.1, -0.05) is 75.5 Å². The summed E-state index contributed by atoms with van der Waals surface area (Å²) in [5, 5.41) is 0. The quantitative estimate of drug-likeness (QED) is 0.228. The van der Waals surface area contributed by atoms with Gasteiger partial charge in [0.05, 0.1) is 0 Å². The summed E-state index contributed by atoms with van der Waals surface area (Å²) in [5.41, 5.74) is 3.05. The third-order valence-electron chi connectivity index (χ3n) is 6.87. The maximum Gasteiger partial charge on any atom is 0.231 e. The van der Waals surface area contributed by atoms with Gasteiger partial charge in [0.25, 0.3) is 0 Å². The number of anilines is 1. The van der Waals surface area contributed by atoms with Gasteiger partial charge in [0, 0.05) is 44.2 Å². The molecule has 0 N–H and O–H groups in total. The SMILES string of the molecule is Cc1cc(C)c(N2C=CN(C3CCCCCCCCCCC3)C2(C=O)C=O)c(C)c1.[Cl-].[Cl-].[Cl-].[Cl-].[Ir]. The largest absolute Gasteiger partial charge is 1.00 e. The van der Waals surface area contributed by atoms with E-state index in [1.54, 1.807) is 0 Å². The van der Waals surface area contributed by atoms with Gasteiger partial charge in [-0.05, 0) is 44.7 Å². The summed E-state index contributed by atoms with van der Waals surface area (Å²) in [6.07, 6.45) is 19.1. The first-order chi connectivity index (χ1) is 14.5. The fourth-order valence-electron chi connectivity index (χ4n) is 5.40. The van der Waals surface area contributed by atoms with Crippen LogP contribution in [0.1, 0.15) is 87.3 Å². The van der Waals surface area contributed by atoms with Crippen molar-refractivity contribution in [1.82, 2.24) is 4.90 Å². The van der Waals surface area contributed by atoms with Crippen molar-refractivity contribution in [1.29, 1.82) is 0 Å². The van der Waals surface area contributed by atoms with Gasteiger partial charge in [0.1, 0.15) is 0 Å². The fourth-order valence-corrected chi connectivity index (χ4v) is 5.40. The Hall–Kier alpha value is -0.291. The molecule has 1 aromatic rings. The van der Waals surface area contributed by atoms with Crippen LogP contribution in [0, 0.1) is 20.8 Å². The van der Waals surface area contributed by atoms with E-state index in [1.807, 2.05) is 17.3 Å². The number of hydrogen-bond acceptors (Lipinski definition) is 4. The molecule has 0 unspecified atom stereocenters. The molecule has 0 saturated heterocycles. The van der Waals surface area contributed by atoms with Crippen molar-refractivity contribution in [3.05, 3.63) is 41.2 Å². The van der Waals surface area contributed by atoms with Crippen molar-refractivity contribution in [2.75, 3.05) is 4.90 Å². The van der Waals surface area contributed by atoms with E-state index in [0.717, 1.165) is 55.1 Å². The zero-order chi connectivity index (χ0) is 21.6. The molecule has 35 heavy (non-hydrogen) atoms. The molecule has 1 saturated carbocycles. The van der Waals surface area contributed by atoms with Gasteiger partial charge >= 0.3 is 0 Å². The monoisotopic (exact) mass is 743 g/mol. The van der Waals surface area contributed by atoms with Crippen molar-refractivity contribution in [2.24, 2.45) is 0 Å². The van der Waals surface area contributed by atoms with Crippen LogP contribution in [-0.2, 0) is 29.7 Å². The standard InChI is InChI=1S/C26H38N2O2.4ClH.Ir/c1-21-17-22(2)25(23(3)18-21)28-16-15-27(26(28,19-29)20-30)24-13-11-9-7-5-4-6-8-10-12-14-24;;;;;/h15-20,24H,4-14H2,1-3H3;4*1H;/p-4. The Morgan fingerprint density at radius 2 is 1.11 bits per heavy atom. The summed E-state index contributed by atoms with van der Waals surface area (Å²) in [4.78, 5) is 29.0. The summed E-state index contributed by atoms with van der Waals surface area (Å²) >= 11 is 0. The van der Waals surface area contributed by atoms with E-state index in [4.69, 9.17) is 0 Å². The number of hydrogen-bond donors (Lipinski definition) is 0. The number of aryl methyl sites for hydroxylation is 3. The van der Waals surface area contributed by atoms with Crippen LogP contribution < -0.4 is 54.5 Å². The molecule has 205 valence electrons. The maximum atomic E-state index is 12.5. The van der Waals surface area contributed by atoms with E-state index >= 15 is 0 Å². The van der Waals surface area contributed by atoms with Crippen molar-refractivity contribution in [3.8, 4) is 0 Å². The Balaban J connectivity index is -0.00000205. The Labute approximate surface area is 250 Å². The Bertz CT molecular complexity index is 752. The van der Waals surface area contributed by atoms with Crippen molar-refractivity contribution < 1.29 is 79.3 Å². The van der Waals surface area contributed by atoms with Crippen LogP contribution in [0.25, 0.3) is 0 Å². The first kappa shape index (κ1) is 39.2. The molecule has 1 aliphatic carbocycles. The normalized spacial score (nSPS) is 18.1. The molecule has 9 heteroatoms. The van der Waals surface area contributed by atoms with Crippen molar-refractivity contribution in [3.63, 3.8) is 0 Å². The molecule has 3 rings (SSSR count). The molecule has 2 aliphatic rings. The number of halogens is 4. The van der Waals surface area contributed by atoms with Gasteiger partial charge in [-0.2, -0.15) is 0 Å². The Morgan fingerprint density at radius 3 is 1.51 bits per heavy atom. The molecule has 0 atom stereocenters. The van der Waals surface area contributed by atoms with Crippen molar-refractivity contribution >= 4 is 18.3 Å². The molecule has 0 bridgehead atoms. The number of nitrogens with zero attached hydrogens (tertiary/aromatic N) is 2. The third kappa shape index (κ3) is 9.20. The molecule has 4 nitrogen and oxygen atoms in total. The Kier molecular flexibility index (Phi) is 21.2. The van der Waals surface area contributed by atoms with Crippen LogP contribution in [0.3, 0.4) is 0 Å². The molecule has 0 aromatic heterocycles. The fraction of sp³-hybridized carbons (Fsp3) is 0.615. The molecule has 1 radical (unpaired) electrons. The number of rotatable bonds is 4. The molecular formula is C26H38Cl4IrN2O2-4. The smallest absolute Gasteiger partial charge is 0.231 e. The molecule has 0 amide bonds. The predicted molar refractivity (Wildman–Crippen MR) is 124 cm³/mol. The van der Waals surface area contributed by atoms with Gasteiger partial charge in [-0.15, -0.1) is 0 Å². The van der Waals surface area contributed by atoms with Crippen LogP contribution in [0.4, 0.5) is 5.69 Å². The average Bonchev–Trinajstić information content (AvgIpc) is 3.07. The van der Waals surface area contributed by atoms with E-state index in [0.29, 0.717) is 0 Å². The van der Waals surface area contributed by atoms with Gasteiger partial charge in [-0.3, -0.25) is 9.59 Å². The summed E-state index contributed by atoms with van der Waals surface area (Å²) in [6, 6.07) is 4.46. The topological polar surface area (TPSA) is 40.6 Å². The van der Waals surface area contributed by atoms with E-state index in [-0.39, 0.29) is 75.8 Å². The van der Waals surface area contributed by atoms with E-state index in [2.05, 4.69) is 37.8 Å². The second-order valence-corrected chi connectivity index (χ2v) is 9.25. The molecule has 1 aliphatic heterocycles. The molecule has 1 aromatic carbocycles. The molecule has 0 spiro atoms. The third-order valence-corrected chi connectivity index (χ3v) is 6.87. The second kappa shape index (κ2) is 18.9. The van der Waals surface area contributed by atoms with Gasteiger partial charge in [0.2, 0.25) is 5.66 Å². The van der Waals surface area contributed by atoms with Crippen LogP contribution in [0.2, 0.25) is 0 Å². The minimum atomic E-state index is -1.29. The predicted octanol–water partition coefficient (Wildman–Crippen LogP) is -6.01. The Morgan fingerprint density at radius 1 is 0.714 bits per heavy atom. The first-order valence-electron chi connectivity index (χ1n) is 11.8. The summed E-state index contributed by atoms with van der Waals surface area (Å²) in [7, 11) is 0. The maximum absolute atomic E-state index is 12.5.